The van der Waals surface area contributed by atoms with Crippen LogP contribution in [0.25, 0.3) is 10.8 Å². The summed E-state index contributed by atoms with van der Waals surface area (Å²) >= 11 is 0. The molecule has 0 unspecified atom stereocenters. The minimum Gasteiger partial charge on any atom is -0.350 e. The molecule has 0 spiro atoms. The second-order valence-corrected chi connectivity index (χ2v) is 5.76. The summed E-state index contributed by atoms with van der Waals surface area (Å²) < 4.78 is 39.6. The molecule has 0 fully saturated rings. The molecule has 0 aliphatic rings. The van der Waals surface area contributed by atoms with Crippen molar-refractivity contribution in [1.82, 2.24) is 10.6 Å². The van der Waals surface area contributed by atoms with Crippen LogP contribution in [0.2, 0.25) is 0 Å². The van der Waals surface area contributed by atoms with E-state index in [2.05, 4.69) is 10.6 Å². The Morgan fingerprint density at radius 3 is 2.07 bits per heavy atom. The predicted molar refractivity (Wildman–Crippen MR) is 94.9 cm³/mol. The summed E-state index contributed by atoms with van der Waals surface area (Å²) in [5.74, 6) is -5.84. The highest BCUT2D eigenvalue weighted by Gasteiger charge is 2.18. The molecule has 0 aliphatic heterocycles. The van der Waals surface area contributed by atoms with E-state index in [1.807, 2.05) is 30.3 Å². The average molecular weight is 372 g/mol. The van der Waals surface area contributed by atoms with E-state index < -0.39 is 28.9 Å². The normalized spacial score (nSPS) is 10.6. The smallest absolute Gasteiger partial charge is 0.254 e. The molecule has 3 aromatic rings. The van der Waals surface area contributed by atoms with Crippen molar-refractivity contribution in [1.29, 1.82) is 0 Å². The molecule has 138 valence electrons. The minimum atomic E-state index is -1.70. The van der Waals surface area contributed by atoms with E-state index in [-0.39, 0.29) is 19.0 Å². The van der Waals surface area contributed by atoms with Crippen LogP contribution in [0.1, 0.15) is 20.7 Å². The van der Waals surface area contributed by atoms with Crippen molar-refractivity contribution in [3.05, 3.63) is 83.2 Å². The summed E-state index contributed by atoms with van der Waals surface area (Å²) in [5, 5.41) is 6.72. The molecule has 0 radical (unpaired) electrons. The number of amides is 2. The molecule has 27 heavy (non-hydrogen) atoms. The Kier molecular flexibility index (Phi) is 5.40. The average Bonchev–Trinajstić information content (AvgIpc) is 2.68. The van der Waals surface area contributed by atoms with Crippen LogP contribution < -0.4 is 10.6 Å². The molecule has 0 aromatic heterocycles. The number of carbonyl (C=O) groups excluding carboxylic acids is 2. The van der Waals surface area contributed by atoms with Crippen LogP contribution in [-0.2, 0) is 0 Å². The number of hydrogen-bond acceptors (Lipinski definition) is 2. The van der Waals surface area contributed by atoms with Gasteiger partial charge in [0.05, 0.1) is 5.56 Å². The van der Waals surface area contributed by atoms with Crippen LogP contribution in [0.5, 0.6) is 0 Å². The van der Waals surface area contributed by atoms with E-state index in [1.165, 1.54) is 0 Å². The molecule has 0 saturated carbocycles. The molecule has 4 nitrogen and oxygen atoms in total. The summed E-state index contributed by atoms with van der Waals surface area (Å²) in [5.41, 5.74) is -0.111. The number of hydrogen-bond donors (Lipinski definition) is 2. The van der Waals surface area contributed by atoms with Crippen molar-refractivity contribution in [2.24, 2.45) is 0 Å². The summed E-state index contributed by atoms with van der Waals surface area (Å²) in [7, 11) is 0. The Balaban J connectivity index is 1.58. The van der Waals surface area contributed by atoms with Gasteiger partial charge in [0.2, 0.25) is 0 Å². The third kappa shape index (κ3) is 3.92. The standard InChI is InChI=1S/C20H15F3N2O2/c21-16-9-8-15(17(22)18(16)23)20(27)25-11-10-24-19(26)14-7-3-5-12-4-1-2-6-13(12)14/h1-9H,10-11H2,(H,24,26)(H,25,27). The maximum absolute atomic E-state index is 13.6. The van der Waals surface area contributed by atoms with Gasteiger partial charge in [0.25, 0.3) is 11.8 Å². The first kappa shape index (κ1) is 18.4. The first-order valence-electron chi connectivity index (χ1n) is 8.16. The van der Waals surface area contributed by atoms with Gasteiger partial charge in [-0.2, -0.15) is 0 Å². The zero-order valence-corrected chi connectivity index (χ0v) is 14.1. The predicted octanol–water partition coefficient (Wildman–Crippen LogP) is 3.42. The van der Waals surface area contributed by atoms with E-state index in [4.69, 9.17) is 0 Å². The van der Waals surface area contributed by atoms with Gasteiger partial charge in [0.1, 0.15) is 0 Å². The lowest BCUT2D eigenvalue weighted by molar-refractivity contribution is 0.0925. The van der Waals surface area contributed by atoms with Crippen LogP contribution in [0.15, 0.2) is 54.6 Å². The molecular weight excluding hydrogens is 357 g/mol. The molecule has 2 N–H and O–H groups in total. The maximum Gasteiger partial charge on any atom is 0.254 e. The zero-order valence-electron chi connectivity index (χ0n) is 14.1. The van der Waals surface area contributed by atoms with Crippen molar-refractivity contribution in [2.75, 3.05) is 13.1 Å². The van der Waals surface area contributed by atoms with E-state index >= 15 is 0 Å². The number of halogens is 3. The summed E-state index contributed by atoms with van der Waals surface area (Å²) in [6.07, 6.45) is 0. The second-order valence-electron chi connectivity index (χ2n) is 5.76. The molecule has 0 bridgehead atoms. The van der Waals surface area contributed by atoms with Crippen molar-refractivity contribution < 1.29 is 22.8 Å². The number of benzene rings is 3. The van der Waals surface area contributed by atoms with Crippen molar-refractivity contribution in [3.63, 3.8) is 0 Å². The number of rotatable bonds is 5. The van der Waals surface area contributed by atoms with Crippen molar-refractivity contribution >= 4 is 22.6 Å². The largest absolute Gasteiger partial charge is 0.350 e. The first-order chi connectivity index (χ1) is 13.0. The van der Waals surface area contributed by atoms with Crippen LogP contribution in [0.4, 0.5) is 13.2 Å². The summed E-state index contributed by atoms with van der Waals surface area (Å²) in [6, 6.07) is 14.3. The van der Waals surface area contributed by atoms with Gasteiger partial charge >= 0.3 is 0 Å². The quantitative estimate of drug-likeness (QED) is 0.533. The molecule has 3 rings (SSSR count). The molecular formula is C20H15F3N2O2. The van der Waals surface area contributed by atoms with Gasteiger partial charge in [-0.05, 0) is 29.0 Å². The maximum atomic E-state index is 13.6. The monoisotopic (exact) mass is 372 g/mol. The highest BCUT2D eigenvalue weighted by Crippen LogP contribution is 2.18. The third-order valence-electron chi connectivity index (χ3n) is 4.01. The van der Waals surface area contributed by atoms with E-state index in [0.717, 1.165) is 16.8 Å². The highest BCUT2D eigenvalue weighted by atomic mass is 19.2. The van der Waals surface area contributed by atoms with Gasteiger partial charge in [0.15, 0.2) is 17.5 Å². The fraction of sp³-hybridized carbons (Fsp3) is 0.100. The van der Waals surface area contributed by atoms with Crippen molar-refractivity contribution in [3.8, 4) is 0 Å². The zero-order chi connectivity index (χ0) is 19.4. The van der Waals surface area contributed by atoms with E-state index in [1.54, 1.807) is 12.1 Å². The van der Waals surface area contributed by atoms with Crippen LogP contribution in [0, 0.1) is 17.5 Å². The fourth-order valence-electron chi connectivity index (χ4n) is 2.67. The summed E-state index contributed by atoms with van der Waals surface area (Å²) in [6.45, 7) is 0.0763. The van der Waals surface area contributed by atoms with E-state index in [9.17, 15) is 22.8 Å². The Morgan fingerprint density at radius 2 is 1.33 bits per heavy atom. The van der Waals surface area contributed by atoms with Crippen molar-refractivity contribution in [2.45, 2.75) is 0 Å². The third-order valence-corrected chi connectivity index (χ3v) is 4.01. The van der Waals surface area contributed by atoms with Gasteiger partial charge in [-0.15, -0.1) is 0 Å². The minimum absolute atomic E-state index is 0.00618. The SMILES string of the molecule is O=C(NCCNC(=O)c1cccc2ccccc12)c1ccc(F)c(F)c1F. The van der Waals surface area contributed by atoms with Crippen LogP contribution in [-0.4, -0.2) is 24.9 Å². The number of fused-ring (bicyclic) bond motifs is 1. The van der Waals surface area contributed by atoms with Gasteiger partial charge < -0.3 is 10.6 Å². The Bertz CT molecular complexity index is 1020. The van der Waals surface area contributed by atoms with Gasteiger partial charge in [0, 0.05) is 18.7 Å². The van der Waals surface area contributed by atoms with Gasteiger partial charge in [-0.25, -0.2) is 13.2 Å². The fourth-order valence-corrected chi connectivity index (χ4v) is 2.67. The molecule has 7 heteroatoms. The Hall–Kier alpha value is -3.35. The molecule has 0 atom stereocenters. The lowest BCUT2D eigenvalue weighted by atomic mass is 10.0. The lowest BCUT2D eigenvalue weighted by Crippen LogP contribution is -2.35. The molecule has 0 aliphatic carbocycles. The molecule has 2 amide bonds. The molecule has 0 saturated heterocycles. The highest BCUT2D eigenvalue weighted by molar-refractivity contribution is 6.07. The van der Waals surface area contributed by atoms with Crippen LogP contribution >= 0.6 is 0 Å². The first-order valence-corrected chi connectivity index (χ1v) is 8.16. The van der Waals surface area contributed by atoms with Gasteiger partial charge in [-0.3, -0.25) is 9.59 Å². The van der Waals surface area contributed by atoms with Gasteiger partial charge in [-0.1, -0.05) is 36.4 Å². The number of carbonyl (C=O) groups is 2. The Morgan fingerprint density at radius 1 is 0.704 bits per heavy atom. The molecule has 0 heterocycles. The number of nitrogens with one attached hydrogen (secondary N) is 2. The van der Waals surface area contributed by atoms with E-state index in [0.29, 0.717) is 11.6 Å². The summed E-state index contributed by atoms with van der Waals surface area (Å²) in [4.78, 5) is 24.2. The Labute approximate surface area is 153 Å². The molecule has 3 aromatic carbocycles. The second kappa shape index (κ2) is 7.90. The van der Waals surface area contributed by atoms with Crippen LogP contribution in [0.3, 0.4) is 0 Å². The lowest BCUT2D eigenvalue weighted by Gasteiger charge is -2.10. The topological polar surface area (TPSA) is 58.2 Å².